The zero-order valence-corrected chi connectivity index (χ0v) is 28.1. The predicted molar refractivity (Wildman–Crippen MR) is 182 cm³/mol. The molecule has 2 N–H and O–H groups in total. The van der Waals surface area contributed by atoms with Gasteiger partial charge in [0.25, 0.3) is 5.91 Å². The van der Waals surface area contributed by atoms with Gasteiger partial charge in [-0.1, -0.05) is 60.7 Å². The fourth-order valence-electron chi connectivity index (χ4n) is 7.87. The molecule has 10 nitrogen and oxygen atoms in total. The Kier molecular flexibility index (Phi) is 10.9. The van der Waals surface area contributed by atoms with Crippen molar-refractivity contribution in [3.63, 3.8) is 0 Å². The van der Waals surface area contributed by atoms with Gasteiger partial charge < -0.3 is 29.7 Å². The summed E-state index contributed by atoms with van der Waals surface area (Å²) in [6.45, 7) is 13.0. The summed E-state index contributed by atoms with van der Waals surface area (Å²) in [6, 6.07) is 13.4. The number of nitrogens with one attached hydrogen (secondary N) is 1. The maximum atomic E-state index is 15.0. The third kappa shape index (κ3) is 6.56. The molecule has 7 atom stereocenters. The van der Waals surface area contributed by atoms with Crippen LogP contribution in [0.4, 0.5) is 5.69 Å². The highest BCUT2D eigenvalue weighted by molar-refractivity contribution is 6.05. The Morgan fingerprint density at radius 2 is 1.83 bits per heavy atom. The Morgan fingerprint density at radius 1 is 1.12 bits per heavy atom. The van der Waals surface area contributed by atoms with Crippen LogP contribution in [-0.4, -0.2) is 83.3 Å². The lowest BCUT2D eigenvalue weighted by atomic mass is 9.70. The lowest BCUT2D eigenvalue weighted by Crippen LogP contribution is -2.59. The number of aliphatic hydroxyl groups is 1. The second-order valence-corrected chi connectivity index (χ2v) is 13.2. The number of fused-ring (bicyclic) bond motifs is 1. The largest absolute Gasteiger partial charge is 0.460 e. The van der Waals surface area contributed by atoms with Gasteiger partial charge in [-0.05, 0) is 63.1 Å². The molecule has 48 heavy (non-hydrogen) atoms. The number of para-hydroxylation sites is 1. The lowest BCUT2D eigenvalue weighted by molar-refractivity contribution is -0.159. The van der Waals surface area contributed by atoms with Gasteiger partial charge in [-0.3, -0.25) is 19.2 Å². The van der Waals surface area contributed by atoms with Crippen LogP contribution in [0.1, 0.15) is 49.3 Å². The van der Waals surface area contributed by atoms with E-state index in [4.69, 9.17) is 9.47 Å². The van der Waals surface area contributed by atoms with E-state index in [9.17, 15) is 19.5 Å². The number of amides is 3. The second-order valence-electron chi connectivity index (χ2n) is 13.2. The minimum Gasteiger partial charge on any atom is -0.460 e. The first-order valence-electron chi connectivity index (χ1n) is 16.8. The maximum absolute atomic E-state index is 15.0. The van der Waals surface area contributed by atoms with Crippen LogP contribution in [0.15, 0.2) is 73.8 Å². The van der Waals surface area contributed by atoms with Gasteiger partial charge in [-0.25, -0.2) is 0 Å². The first kappa shape index (κ1) is 35.0. The standard InChI is InChI=1S/C38H47N3O7/c1-6-8-17-30(43)39-22-26(5)47-37(46)31-29-18-19-38(48-29)32(31)35(44)41(28(23-42)21-27-15-10-9-11-16-27)34(38)36(45)40(20-7-2)33-24(3)13-12-14-25(33)4/h6-7,9-16,26,28-29,31-32,34,42H,1-2,8,17-23H2,3-5H3,(H,39,43)/t26-,28-,29-,31+,32+,34-,38+/m1/s1. The monoisotopic (exact) mass is 657 g/mol. The Hall–Kier alpha value is -4.28. The first-order valence-corrected chi connectivity index (χ1v) is 16.8. The minimum absolute atomic E-state index is 0.118. The third-order valence-corrected chi connectivity index (χ3v) is 9.93. The third-order valence-electron chi connectivity index (χ3n) is 9.93. The Labute approximate surface area is 282 Å². The van der Waals surface area contributed by atoms with Crippen LogP contribution in [0.5, 0.6) is 0 Å². The number of ether oxygens (including phenoxy) is 2. The second kappa shape index (κ2) is 14.9. The number of nitrogens with zero attached hydrogens (tertiary/aromatic N) is 2. The average molecular weight is 658 g/mol. The van der Waals surface area contributed by atoms with E-state index < -0.39 is 53.6 Å². The van der Waals surface area contributed by atoms with Crippen molar-refractivity contribution in [1.29, 1.82) is 0 Å². The molecule has 0 radical (unpaired) electrons. The normalized spacial score (nSPS) is 25.2. The zero-order valence-electron chi connectivity index (χ0n) is 28.1. The van der Waals surface area contributed by atoms with Gasteiger partial charge in [0.15, 0.2) is 0 Å². The van der Waals surface area contributed by atoms with Crippen LogP contribution in [0, 0.1) is 25.7 Å². The summed E-state index contributed by atoms with van der Waals surface area (Å²) in [5.41, 5.74) is 2.12. The Balaban J connectivity index is 1.51. The number of allylic oxidation sites excluding steroid dienone is 1. The van der Waals surface area contributed by atoms with E-state index in [2.05, 4.69) is 18.5 Å². The molecule has 3 amide bonds. The molecular formula is C38H47N3O7. The number of aryl methyl sites for hydroxylation is 2. The quantitative estimate of drug-likeness (QED) is 0.221. The van der Waals surface area contributed by atoms with E-state index in [-0.39, 0.29) is 37.9 Å². The lowest BCUT2D eigenvalue weighted by Gasteiger charge is -2.40. The predicted octanol–water partition coefficient (Wildman–Crippen LogP) is 3.81. The number of anilines is 1. The molecule has 256 valence electrons. The highest BCUT2D eigenvalue weighted by Gasteiger charge is 2.75. The van der Waals surface area contributed by atoms with Gasteiger partial charge in [-0.15, -0.1) is 13.2 Å². The van der Waals surface area contributed by atoms with E-state index in [0.717, 1.165) is 22.4 Å². The summed E-state index contributed by atoms with van der Waals surface area (Å²) in [4.78, 5) is 58.9. The topological polar surface area (TPSA) is 125 Å². The molecule has 3 heterocycles. The van der Waals surface area contributed by atoms with E-state index in [1.54, 1.807) is 24.0 Å². The number of benzene rings is 2. The molecule has 3 aliphatic heterocycles. The molecule has 3 fully saturated rings. The molecule has 0 aliphatic carbocycles. The van der Waals surface area contributed by atoms with Crippen molar-refractivity contribution in [1.82, 2.24) is 10.2 Å². The molecule has 0 saturated carbocycles. The van der Waals surface area contributed by atoms with Crippen molar-refractivity contribution in [3.05, 3.63) is 90.5 Å². The van der Waals surface area contributed by atoms with Gasteiger partial charge in [0.05, 0.1) is 37.1 Å². The van der Waals surface area contributed by atoms with Crippen molar-refractivity contribution in [2.24, 2.45) is 11.8 Å². The molecule has 0 unspecified atom stereocenters. The smallest absolute Gasteiger partial charge is 0.312 e. The fourth-order valence-corrected chi connectivity index (χ4v) is 7.87. The molecule has 2 aromatic rings. The van der Waals surface area contributed by atoms with Crippen molar-refractivity contribution in [2.75, 3.05) is 24.6 Å². The van der Waals surface area contributed by atoms with Crippen molar-refractivity contribution in [2.45, 2.75) is 82.8 Å². The van der Waals surface area contributed by atoms with E-state index in [1.165, 1.54) is 4.90 Å². The van der Waals surface area contributed by atoms with E-state index in [1.807, 2.05) is 62.4 Å². The number of esters is 1. The van der Waals surface area contributed by atoms with Gasteiger partial charge in [0, 0.05) is 18.7 Å². The zero-order chi connectivity index (χ0) is 34.6. The Bertz CT molecular complexity index is 1520. The van der Waals surface area contributed by atoms with E-state index in [0.29, 0.717) is 25.7 Å². The summed E-state index contributed by atoms with van der Waals surface area (Å²) >= 11 is 0. The Morgan fingerprint density at radius 3 is 2.48 bits per heavy atom. The highest BCUT2D eigenvalue weighted by Crippen LogP contribution is 2.59. The number of carbonyl (C=O) groups excluding carboxylic acids is 4. The molecule has 2 bridgehead atoms. The van der Waals surface area contributed by atoms with Gasteiger partial charge >= 0.3 is 5.97 Å². The number of hydrogen-bond acceptors (Lipinski definition) is 7. The number of hydrogen-bond donors (Lipinski definition) is 2. The first-order chi connectivity index (χ1) is 23.1. The molecule has 10 heteroatoms. The molecule has 2 aromatic carbocycles. The van der Waals surface area contributed by atoms with Crippen LogP contribution < -0.4 is 10.2 Å². The summed E-state index contributed by atoms with van der Waals surface area (Å²) in [5.74, 6) is -3.43. The fraction of sp³-hybridized carbons (Fsp3) is 0.474. The van der Waals surface area contributed by atoms with Gasteiger partial charge in [0.1, 0.15) is 17.7 Å². The van der Waals surface area contributed by atoms with Crippen LogP contribution >= 0.6 is 0 Å². The molecule has 0 aromatic heterocycles. The molecule has 3 aliphatic rings. The summed E-state index contributed by atoms with van der Waals surface area (Å²) in [7, 11) is 0. The molecule has 5 rings (SSSR count). The van der Waals surface area contributed by atoms with Gasteiger partial charge in [0.2, 0.25) is 11.8 Å². The van der Waals surface area contributed by atoms with E-state index >= 15 is 4.79 Å². The molecular weight excluding hydrogens is 610 g/mol. The minimum atomic E-state index is -1.29. The number of rotatable bonds is 15. The number of carbonyl (C=O) groups is 4. The van der Waals surface area contributed by atoms with Crippen molar-refractivity contribution >= 4 is 29.4 Å². The molecule has 3 saturated heterocycles. The van der Waals surface area contributed by atoms with Crippen LogP contribution in [-0.2, 0) is 35.1 Å². The van der Waals surface area contributed by atoms with Crippen molar-refractivity contribution < 1.29 is 33.8 Å². The van der Waals surface area contributed by atoms with Crippen LogP contribution in [0.25, 0.3) is 0 Å². The van der Waals surface area contributed by atoms with Gasteiger partial charge in [-0.2, -0.15) is 0 Å². The maximum Gasteiger partial charge on any atom is 0.312 e. The van der Waals surface area contributed by atoms with Crippen LogP contribution in [0.2, 0.25) is 0 Å². The van der Waals surface area contributed by atoms with Crippen molar-refractivity contribution in [3.8, 4) is 0 Å². The number of likely N-dealkylation sites (tertiary alicyclic amines) is 1. The highest BCUT2D eigenvalue weighted by atomic mass is 16.6. The number of aliphatic hydroxyl groups excluding tert-OH is 1. The SMILES string of the molecule is C=CCCC(=O)NC[C@@H](C)OC(=O)[C@@H]1[C@H]2C(=O)N([C@@H](CO)Cc3ccccc3)[C@H](C(=O)N(CC=C)c3c(C)cccc3C)[C@]23CC[C@H]1O3. The summed E-state index contributed by atoms with van der Waals surface area (Å²) in [5, 5.41) is 13.6. The average Bonchev–Trinajstić information content (AvgIpc) is 3.72. The summed E-state index contributed by atoms with van der Waals surface area (Å²) in [6.07, 6.45) is 4.06. The molecule has 1 spiro atoms. The summed E-state index contributed by atoms with van der Waals surface area (Å²) < 4.78 is 12.5. The van der Waals surface area contributed by atoms with Crippen LogP contribution in [0.3, 0.4) is 0 Å².